The predicted molar refractivity (Wildman–Crippen MR) is 52.8 cm³/mol. The molecule has 0 aliphatic carbocycles. The van der Waals surface area contributed by atoms with Gasteiger partial charge in [-0.15, -0.1) is 0 Å². The van der Waals surface area contributed by atoms with Gasteiger partial charge in [-0.2, -0.15) is 9.78 Å². The maximum atomic E-state index is 10.7. The van der Waals surface area contributed by atoms with Gasteiger partial charge in [0.1, 0.15) is 6.20 Å². The van der Waals surface area contributed by atoms with Crippen LogP contribution in [-0.4, -0.2) is 35.7 Å². The van der Waals surface area contributed by atoms with Crippen LogP contribution in [0.15, 0.2) is 24.7 Å². The van der Waals surface area contributed by atoms with Gasteiger partial charge in [0.25, 0.3) is 5.95 Å². The Morgan fingerprint density at radius 3 is 2.53 bits per heavy atom. The number of aromatic nitrogens is 4. The van der Waals surface area contributed by atoms with Crippen molar-refractivity contribution in [2.75, 3.05) is 0 Å². The van der Waals surface area contributed by atoms with E-state index in [1.807, 2.05) is 0 Å². The van der Waals surface area contributed by atoms with Crippen LogP contribution in [0.25, 0.3) is 5.95 Å². The fourth-order valence-electron chi connectivity index (χ4n) is 1.16. The molecule has 0 aromatic carbocycles. The molecule has 2 rings (SSSR count). The normalized spacial score (nSPS) is 10.1. The number of aromatic carboxylic acids is 1. The summed E-state index contributed by atoms with van der Waals surface area (Å²) in [4.78, 5) is 28.1. The number of hydrogen-bond donors (Lipinski definition) is 1. The molecule has 2 aromatic rings. The molecule has 0 fully saturated rings. The number of nitro groups is 1. The van der Waals surface area contributed by atoms with Crippen LogP contribution in [-0.2, 0) is 0 Å². The van der Waals surface area contributed by atoms with Crippen LogP contribution < -0.4 is 0 Å². The molecule has 9 heteroatoms. The zero-order chi connectivity index (χ0) is 12.4. The van der Waals surface area contributed by atoms with E-state index in [2.05, 4.69) is 15.1 Å². The average Bonchev–Trinajstić information content (AvgIpc) is 2.75. The van der Waals surface area contributed by atoms with E-state index in [1.54, 1.807) is 6.07 Å². The Kier molecular flexibility index (Phi) is 2.49. The molecule has 0 saturated carbocycles. The van der Waals surface area contributed by atoms with Crippen LogP contribution >= 0.6 is 0 Å². The summed E-state index contributed by atoms with van der Waals surface area (Å²) in [7, 11) is 0. The highest BCUT2D eigenvalue weighted by atomic mass is 16.6. The summed E-state index contributed by atoms with van der Waals surface area (Å²) in [6, 6.07) is 1.56. The van der Waals surface area contributed by atoms with Crippen molar-refractivity contribution in [2.45, 2.75) is 0 Å². The molecule has 2 aromatic heterocycles. The zero-order valence-electron chi connectivity index (χ0n) is 8.22. The maximum absolute atomic E-state index is 10.7. The van der Waals surface area contributed by atoms with Crippen molar-refractivity contribution < 1.29 is 14.8 Å². The van der Waals surface area contributed by atoms with Crippen molar-refractivity contribution >= 4 is 11.7 Å². The molecule has 0 aliphatic heterocycles. The molecular formula is C8H5N5O4. The second-order valence-corrected chi connectivity index (χ2v) is 2.92. The molecule has 9 nitrogen and oxygen atoms in total. The Hall–Kier alpha value is -2.84. The molecule has 1 N–H and O–H groups in total. The van der Waals surface area contributed by atoms with Gasteiger partial charge >= 0.3 is 11.7 Å². The molecule has 2 heterocycles. The fourth-order valence-corrected chi connectivity index (χ4v) is 1.16. The van der Waals surface area contributed by atoms with Gasteiger partial charge in [0.2, 0.25) is 5.69 Å². The van der Waals surface area contributed by atoms with E-state index in [9.17, 15) is 14.9 Å². The Bertz CT molecular complexity index is 547. The van der Waals surface area contributed by atoms with Gasteiger partial charge in [-0.05, 0) is 6.07 Å². The van der Waals surface area contributed by atoms with Gasteiger partial charge in [0.05, 0.1) is 4.92 Å². The van der Waals surface area contributed by atoms with Crippen LogP contribution in [0.2, 0.25) is 0 Å². The first-order valence-electron chi connectivity index (χ1n) is 4.34. The van der Waals surface area contributed by atoms with Crippen molar-refractivity contribution in [1.29, 1.82) is 0 Å². The van der Waals surface area contributed by atoms with E-state index >= 15 is 0 Å². The summed E-state index contributed by atoms with van der Waals surface area (Å²) in [6.07, 6.45) is 3.78. The molecule has 0 unspecified atom stereocenters. The zero-order valence-corrected chi connectivity index (χ0v) is 8.22. The molecule has 86 valence electrons. The summed E-state index contributed by atoms with van der Waals surface area (Å²) in [5.41, 5.74) is -1.26. The van der Waals surface area contributed by atoms with Crippen molar-refractivity contribution in [1.82, 2.24) is 19.7 Å². The molecule has 0 bridgehead atoms. The second kappa shape index (κ2) is 3.96. The topological polar surface area (TPSA) is 124 Å². The van der Waals surface area contributed by atoms with Gasteiger partial charge in [-0.25, -0.2) is 14.8 Å². The predicted octanol–water partition coefficient (Wildman–Crippen LogP) is 0.269. The van der Waals surface area contributed by atoms with E-state index in [1.165, 1.54) is 12.4 Å². The monoisotopic (exact) mass is 235 g/mol. The van der Waals surface area contributed by atoms with Crippen LogP contribution in [0.4, 0.5) is 5.69 Å². The highest BCUT2D eigenvalue weighted by Gasteiger charge is 2.26. The quantitative estimate of drug-likeness (QED) is 0.597. The van der Waals surface area contributed by atoms with Crippen molar-refractivity contribution in [2.24, 2.45) is 0 Å². The van der Waals surface area contributed by atoms with E-state index in [-0.39, 0.29) is 5.95 Å². The molecule has 0 radical (unpaired) electrons. The summed E-state index contributed by atoms with van der Waals surface area (Å²) in [5.74, 6) is -1.42. The average molecular weight is 235 g/mol. The lowest BCUT2D eigenvalue weighted by molar-refractivity contribution is -0.385. The van der Waals surface area contributed by atoms with Crippen molar-refractivity contribution in [3.63, 3.8) is 0 Å². The maximum Gasteiger partial charge on any atom is 0.363 e. The summed E-state index contributed by atoms with van der Waals surface area (Å²) in [5, 5.41) is 22.9. The lowest BCUT2D eigenvalue weighted by Gasteiger charge is -1.94. The third kappa shape index (κ3) is 1.93. The van der Waals surface area contributed by atoms with Crippen molar-refractivity contribution in [3.8, 4) is 5.95 Å². The van der Waals surface area contributed by atoms with Crippen LogP contribution in [0, 0.1) is 10.1 Å². The first kappa shape index (κ1) is 10.7. The first-order chi connectivity index (χ1) is 8.09. The largest absolute Gasteiger partial charge is 0.476 e. The Balaban J connectivity index is 2.55. The highest BCUT2D eigenvalue weighted by molar-refractivity contribution is 5.89. The van der Waals surface area contributed by atoms with Gasteiger partial charge in [-0.3, -0.25) is 10.1 Å². The van der Waals surface area contributed by atoms with E-state index < -0.39 is 22.3 Å². The number of nitrogens with zero attached hydrogens (tertiary/aromatic N) is 5. The lowest BCUT2D eigenvalue weighted by Crippen LogP contribution is -2.04. The smallest absolute Gasteiger partial charge is 0.363 e. The van der Waals surface area contributed by atoms with Crippen LogP contribution in [0.5, 0.6) is 0 Å². The lowest BCUT2D eigenvalue weighted by atomic mass is 10.4. The van der Waals surface area contributed by atoms with Crippen LogP contribution in [0.3, 0.4) is 0 Å². The van der Waals surface area contributed by atoms with Gasteiger partial charge in [0.15, 0.2) is 0 Å². The number of rotatable bonds is 3. The molecule has 17 heavy (non-hydrogen) atoms. The Morgan fingerprint density at radius 2 is 2.06 bits per heavy atom. The van der Waals surface area contributed by atoms with Gasteiger partial charge in [0, 0.05) is 12.4 Å². The van der Waals surface area contributed by atoms with Gasteiger partial charge < -0.3 is 5.11 Å². The molecule has 0 saturated heterocycles. The minimum absolute atomic E-state index is 0.0584. The van der Waals surface area contributed by atoms with E-state index in [4.69, 9.17) is 5.11 Å². The number of carboxylic acids is 1. The summed E-state index contributed by atoms with van der Waals surface area (Å²) < 4.78 is 0.946. The molecular weight excluding hydrogens is 230 g/mol. The third-order valence-corrected chi connectivity index (χ3v) is 1.85. The number of hydrogen-bond acceptors (Lipinski definition) is 6. The van der Waals surface area contributed by atoms with Gasteiger partial charge in [-0.1, -0.05) is 0 Å². The summed E-state index contributed by atoms with van der Waals surface area (Å²) >= 11 is 0. The third-order valence-electron chi connectivity index (χ3n) is 1.85. The number of carboxylic acid groups (broad SMARTS) is 1. The number of carbonyl (C=O) groups is 1. The fraction of sp³-hybridized carbons (Fsp3) is 0. The SMILES string of the molecule is O=C(O)c1nn(-c2ncccn2)cc1[N+](=O)[O-]. The Morgan fingerprint density at radius 1 is 1.41 bits per heavy atom. The minimum atomic E-state index is -1.48. The van der Waals surface area contributed by atoms with Crippen molar-refractivity contribution in [3.05, 3.63) is 40.5 Å². The Labute approximate surface area is 93.5 Å². The molecule has 0 aliphatic rings. The first-order valence-corrected chi connectivity index (χ1v) is 4.34. The summed E-state index contributed by atoms with van der Waals surface area (Å²) in [6.45, 7) is 0. The molecule has 0 atom stereocenters. The van der Waals surface area contributed by atoms with E-state index in [0.717, 1.165) is 10.9 Å². The second-order valence-electron chi connectivity index (χ2n) is 2.92. The van der Waals surface area contributed by atoms with Crippen LogP contribution in [0.1, 0.15) is 10.5 Å². The van der Waals surface area contributed by atoms with E-state index in [0.29, 0.717) is 0 Å². The highest BCUT2D eigenvalue weighted by Crippen LogP contribution is 2.17. The molecule has 0 amide bonds. The minimum Gasteiger partial charge on any atom is -0.476 e. The molecule has 0 spiro atoms. The standard InChI is InChI=1S/C8H5N5O4/c14-7(15)6-5(13(16)17)4-12(11-6)8-9-2-1-3-10-8/h1-4H,(H,14,15).